The Balaban J connectivity index is 2.17. The van der Waals surface area contributed by atoms with Crippen LogP contribution in [-0.4, -0.2) is 0 Å². The minimum atomic E-state index is -0.202. The summed E-state index contributed by atoms with van der Waals surface area (Å²) >= 11 is 30.1. The third kappa shape index (κ3) is 3.93. The summed E-state index contributed by atoms with van der Waals surface area (Å²) in [4.78, 5) is 0. The van der Waals surface area contributed by atoms with Gasteiger partial charge in [0.1, 0.15) is 0 Å². The van der Waals surface area contributed by atoms with Crippen LogP contribution < -0.4 is 0 Å². The van der Waals surface area contributed by atoms with Gasteiger partial charge >= 0.3 is 0 Å². The fourth-order valence-corrected chi connectivity index (χ4v) is 2.64. The maximum atomic E-state index is 6.38. The van der Waals surface area contributed by atoms with Gasteiger partial charge in [0.15, 0.2) is 0 Å². The SMILES string of the molecule is Clc1ccc(CC(Cl)c2ccc(Cl)c(Cl)c2)cc1Cl. The highest BCUT2D eigenvalue weighted by Gasteiger charge is 2.11. The van der Waals surface area contributed by atoms with Crippen molar-refractivity contribution < 1.29 is 0 Å². The van der Waals surface area contributed by atoms with Crippen LogP contribution in [0.15, 0.2) is 36.4 Å². The Morgan fingerprint density at radius 1 is 0.737 bits per heavy atom. The van der Waals surface area contributed by atoms with E-state index in [9.17, 15) is 0 Å². The molecular formula is C14H9Cl5. The summed E-state index contributed by atoms with van der Waals surface area (Å²) in [6, 6.07) is 10.9. The average Bonchev–Trinajstić information content (AvgIpc) is 2.37. The van der Waals surface area contributed by atoms with Crippen LogP contribution in [0, 0.1) is 0 Å². The third-order valence-corrected chi connectivity index (χ3v) is 4.59. The molecule has 0 aliphatic rings. The van der Waals surface area contributed by atoms with Crippen molar-refractivity contribution in [1.82, 2.24) is 0 Å². The quantitative estimate of drug-likeness (QED) is 0.530. The summed E-state index contributed by atoms with van der Waals surface area (Å²) < 4.78 is 0. The number of alkyl halides is 1. The van der Waals surface area contributed by atoms with E-state index in [1.54, 1.807) is 18.2 Å². The first-order valence-corrected chi connectivity index (χ1v) is 7.45. The van der Waals surface area contributed by atoms with Crippen LogP contribution in [0.4, 0.5) is 0 Å². The van der Waals surface area contributed by atoms with Crippen LogP contribution in [-0.2, 0) is 6.42 Å². The molecule has 0 bridgehead atoms. The summed E-state index contributed by atoms with van der Waals surface area (Å²) in [5.41, 5.74) is 1.93. The van der Waals surface area contributed by atoms with Crippen molar-refractivity contribution >= 4 is 58.0 Å². The lowest BCUT2D eigenvalue weighted by molar-refractivity contribution is 0.920. The molecule has 19 heavy (non-hydrogen) atoms. The van der Waals surface area contributed by atoms with Crippen molar-refractivity contribution in [3.05, 3.63) is 67.6 Å². The van der Waals surface area contributed by atoms with E-state index in [0.29, 0.717) is 26.5 Å². The number of rotatable bonds is 3. The zero-order chi connectivity index (χ0) is 14.0. The van der Waals surface area contributed by atoms with Gasteiger partial charge in [-0.05, 0) is 41.8 Å². The largest absolute Gasteiger partial charge is 0.117 e. The van der Waals surface area contributed by atoms with Gasteiger partial charge in [-0.1, -0.05) is 58.5 Å². The van der Waals surface area contributed by atoms with Crippen molar-refractivity contribution in [2.24, 2.45) is 0 Å². The van der Waals surface area contributed by atoms with Crippen molar-refractivity contribution in [2.75, 3.05) is 0 Å². The Morgan fingerprint density at radius 3 is 1.89 bits per heavy atom. The molecule has 0 fully saturated rings. The monoisotopic (exact) mass is 352 g/mol. The Kier molecular flexibility index (Phi) is 5.28. The molecule has 0 radical (unpaired) electrons. The molecule has 1 unspecified atom stereocenters. The molecule has 0 saturated heterocycles. The zero-order valence-electron chi connectivity index (χ0n) is 9.64. The lowest BCUT2D eigenvalue weighted by Gasteiger charge is -2.11. The van der Waals surface area contributed by atoms with Crippen LogP contribution in [0.3, 0.4) is 0 Å². The first-order valence-electron chi connectivity index (χ1n) is 5.50. The Hall–Kier alpha value is -0.110. The van der Waals surface area contributed by atoms with E-state index in [4.69, 9.17) is 58.0 Å². The van der Waals surface area contributed by atoms with Crippen LogP contribution in [0.1, 0.15) is 16.5 Å². The third-order valence-electron chi connectivity index (χ3n) is 2.70. The minimum absolute atomic E-state index is 0.202. The second kappa shape index (κ2) is 6.56. The van der Waals surface area contributed by atoms with Crippen molar-refractivity contribution in [2.45, 2.75) is 11.8 Å². The van der Waals surface area contributed by atoms with Crippen LogP contribution in [0.25, 0.3) is 0 Å². The first-order chi connectivity index (χ1) is 8.97. The number of hydrogen-bond donors (Lipinski definition) is 0. The highest BCUT2D eigenvalue weighted by molar-refractivity contribution is 6.42. The van der Waals surface area contributed by atoms with Gasteiger partial charge in [-0.25, -0.2) is 0 Å². The number of halogens is 5. The van der Waals surface area contributed by atoms with Crippen molar-refractivity contribution in [1.29, 1.82) is 0 Å². The summed E-state index contributed by atoms with van der Waals surface area (Å²) in [5, 5.41) is 1.87. The maximum Gasteiger partial charge on any atom is 0.0626 e. The Morgan fingerprint density at radius 2 is 1.32 bits per heavy atom. The first kappa shape index (κ1) is 15.3. The molecular weight excluding hydrogens is 345 g/mol. The number of hydrogen-bond acceptors (Lipinski definition) is 0. The summed E-state index contributed by atoms with van der Waals surface area (Å²) in [5.74, 6) is 0. The van der Waals surface area contributed by atoms with E-state index in [2.05, 4.69) is 0 Å². The molecule has 0 saturated carbocycles. The van der Waals surface area contributed by atoms with E-state index >= 15 is 0 Å². The summed E-state index contributed by atoms with van der Waals surface area (Å²) in [7, 11) is 0. The summed E-state index contributed by atoms with van der Waals surface area (Å²) in [6.45, 7) is 0. The molecule has 2 aromatic carbocycles. The van der Waals surface area contributed by atoms with Crippen LogP contribution in [0.2, 0.25) is 20.1 Å². The maximum absolute atomic E-state index is 6.38. The van der Waals surface area contributed by atoms with Crippen LogP contribution >= 0.6 is 58.0 Å². The lowest BCUT2D eigenvalue weighted by atomic mass is 10.0. The van der Waals surface area contributed by atoms with Gasteiger partial charge in [0, 0.05) is 0 Å². The Bertz CT molecular complexity index is 594. The Labute approximate surface area is 137 Å². The van der Waals surface area contributed by atoms with Crippen molar-refractivity contribution in [3.8, 4) is 0 Å². The second-order valence-electron chi connectivity index (χ2n) is 4.09. The smallest absolute Gasteiger partial charge is 0.0626 e. The molecule has 0 aromatic heterocycles. The predicted molar refractivity (Wildman–Crippen MR) is 85.2 cm³/mol. The van der Waals surface area contributed by atoms with Gasteiger partial charge in [0.2, 0.25) is 0 Å². The predicted octanol–water partition coefficient (Wildman–Crippen LogP) is 6.82. The topological polar surface area (TPSA) is 0 Å². The van der Waals surface area contributed by atoms with Crippen LogP contribution in [0.5, 0.6) is 0 Å². The normalized spacial score (nSPS) is 12.5. The van der Waals surface area contributed by atoms with Gasteiger partial charge in [0.05, 0.1) is 25.5 Å². The van der Waals surface area contributed by atoms with Crippen molar-refractivity contribution in [3.63, 3.8) is 0 Å². The van der Waals surface area contributed by atoms with Gasteiger partial charge in [0.25, 0.3) is 0 Å². The fourth-order valence-electron chi connectivity index (χ4n) is 1.70. The van der Waals surface area contributed by atoms with E-state index in [1.807, 2.05) is 18.2 Å². The highest BCUT2D eigenvalue weighted by atomic mass is 35.5. The zero-order valence-corrected chi connectivity index (χ0v) is 13.4. The molecule has 0 nitrogen and oxygen atoms in total. The molecule has 0 amide bonds. The fraction of sp³-hybridized carbons (Fsp3) is 0.143. The molecule has 0 aliphatic heterocycles. The minimum Gasteiger partial charge on any atom is -0.117 e. The van der Waals surface area contributed by atoms with Gasteiger partial charge in [-0.15, -0.1) is 11.6 Å². The van der Waals surface area contributed by atoms with E-state index < -0.39 is 0 Å². The highest BCUT2D eigenvalue weighted by Crippen LogP contribution is 2.32. The van der Waals surface area contributed by atoms with E-state index in [0.717, 1.165) is 11.1 Å². The molecule has 2 rings (SSSR count). The average molecular weight is 354 g/mol. The standard InChI is InChI=1S/C14H9Cl5/c15-10-3-1-8(6-13(10)18)5-12(17)9-2-4-11(16)14(19)7-9/h1-4,6-7,12H,5H2. The van der Waals surface area contributed by atoms with Gasteiger partial charge in [-0.3, -0.25) is 0 Å². The van der Waals surface area contributed by atoms with E-state index in [1.165, 1.54) is 0 Å². The molecule has 2 aromatic rings. The molecule has 0 aliphatic carbocycles. The molecule has 5 heteroatoms. The molecule has 0 spiro atoms. The van der Waals surface area contributed by atoms with E-state index in [-0.39, 0.29) is 5.38 Å². The molecule has 1 atom stereocenters. The molecule has 0 heterocycles. The van der Waals surface area contributed by atoms with Gasteiger partial charge < -0.3 is 0 Å². The van der Waals surface area contributed by atoms with Gasteiger partial charge in [-0.2, -0.15) is 0 Å². The molecule has 100 valence electrons. The summed E-state index contributed by atoms with van der Waals surface area (Å²) in [6.07, 6.45) is 0.635. The molecule has 0 N–H and O–H groups in total. The second-order valence-corrected chi connectivity index (χ2v) is 6.25. The number of benzene rings is 2. The lowest BCUT2D eigenvalue weighted by Crippen LogP contribution is -1.96.